The first-order chi connectivity index (χ1) is 6.33. The second-order valence-electron chi connectivity index (χ2n) is 3.35. The molecule has 1 saturated heterocycles. The number of hydrogen-bond donors (Lipinski definition) is 2. The van der Waals surface area contributed by atoms with Crippen LogP contribution in [0.4, 0.5) is 0 Å². The summed E-state index contributed by atoms with van der Waals surface area (Å²) in [5.41, 5.74) is 5.59. The van der Waals surface area contributed by atoms with E-state index in [9.17, 15) is 0 Å². The van der Waals surface area contributed by atoms with Gasteiger partial charge in [-0.25, -0.2) is 0 Å². The Morgan fingerprint density at radius 1 is 1.46 bits per heavy atom. The first-order valence-corrected chi connectivity index (χ1v) is 5.09. The molecule has 76 valence electrons. The molecule has 1 aliphatic heterocycles. The molecular formula is C9H20N4. The lowest BCUT2D eigenvalue weighted by molar-refractivity contribution is 0.349. The van der Waals surface area contributed by atoms with Crippen molar-refractivity contribution in [2.45, 2.75) is 19.8 Å². The van der Waals surface area contributed by atoms with E-state index in [4.69, 9.17) is 5.73 Å². The predicted molar refractivity (Wildman–Crippen MR) is 55.8 cm³/mol. The Labute approximate surface area is 80.2 Å². The van der Waals surface area contributed by atoms with Crippen molar-refractivity contribution in [1.29, 1.82) is 0 Å². The Hall–Kier alpha value is -0.770. The zero-order chi connectivity index (χ0) is 9.52. The van der Waals surface area contributed by atoms with E-state index in [0.29, 0.717) is 5.96 Å². The van der Waals surface area contributed by atoms with Gasteiger partial charge in [0.25, 0.3) is 0 Å². The molecule has 0 saturated carbocycles. The van der Waals surface area contributed by atoms with Gasteiger partial charge in [0, 0.05) is 13.1 Å². The molecule has 13 heavy (non-hydrogen) atoms. The third-order valence-electron chi connectivity index (χ3n) is 2.25. The van der Waals surface area contributed by atoms with Crippen LogP contribution >= 0.6 is 0 Å². The van der Waals surface area contributed by atoms with E-state index in [1.54, 1.807) is 0 Å². The summed E-state index contributed by atoms with van der Waals surface area (Å²) in [6.45, 7) is 7.19. The number of nitrogens with zero attached hydrogens (tertiary/aromatic N) is 2. The standard InChI is InChI=1S/C9H20N4/c1-2-11-9(10)12-5-8-13-6-3-4-7-13/h2-8H2,1H3,(H3,10,11,12). The maximum Gasteiger partial charge on any atom is 0.188 e. The first kappa shape index (κ1) is 10.3. The predicted octanol–water partition coefficient (Wildman–Crippen LogP) is 0.00640. The zero-order valence-electron chi connectivity index (χ0n) is 8.42. The molecule has 1 fully saturated rings. The minimum absolute atomic E-state index is 0.571. The highest BCUT2D eigenvalue weighted by Crippen LogP contribution is 2.05. The fourth-order valence-corrected chi connectivity index (χ4v) is 1.56. The van der Waals surface area contributed by atoms with E-state index in [1.165, 1.54) is 25.9 Å². The van der Waals surface area contributed by atoms with Crippen LogP contribution in [0, 0.1) is 0 Å². The third kappa shape index (κ3) is 4.12. The molecule has 1 heterocycles. The van der Waals surface area contributed by atoms with Crippen LogP contribution in [-0.4, -0.2) is 43.6 Å². The van der Waals surface area contributed by atoms with Crippen molar-refractivity contribution in [2.75, 3.05) is 32.7 Å². The fourth-order valence-electron chi connectivity index (χ4n) is 1.56. The van der Waals surface area contributed by atoms with Crippen LogP contribution in [-0.2, 0) is 0 Å². The van der Waals surface area contributed by atoms with Crippen LogP contribution in [0.5, 0.6) is 0 Å². The largest absolute Gasteiger partial charge is 0.370 e. The lowest BCUT2D eigenvalue weighted by atomic mass is 10.4. The summed E-state index contributed by atoms with van der Waals surface area (Å²) in [4.78, 5) is 6.65. The molecule has 3 N–H and O–H groups in total. The molecule has 0 aromatic rings. The average molecular weight is 184 g/mol. The van der Waals surface area contributed by atoms with Crippen LogP contribution < -0.4 is 11.1 Å². The van der Waals surface area contributed by atoms with Gasteiger partial charge in [0.2, 0.25) is 0 Å². The monoisotopic (exact) mass is 184 g/mol. The minimum Gasteiger partial charge on any atom is -0.370 e. The number of nitrogens with two attached hydrogens (primary N) is 1. The zero-order valence-corrected chi connectivity index (χ0v) is 8.42. The van der Waals surface area contributed by atoms with E-state index in [0.717, 1.165) is 19.6 Å². The van der Waals surface area contributed by atoms with Gasteiger partial charge >= 0.3 is 0 Å². The summed E-state index contributed by atoms with van der Waals surface area (Å²) < 4.78 is 0. The van der Waals surface area contributed by atoms with Crippen LogP contribution in [0.1, 0.15) is 19.8 Å². The Bertz CT molecular complexity index is 161. The maximum absolute atomic E-state index is 5.59. The molecule has 1 aliphatic rings. The number of nitrogens with one attached hydrogen (secondary N) is 1. The summed E-state index contributed by atoms with van der Waals surface area (Å²) in [6, 6.07) is 0. The number of rotatable bonds is 4. The summed E-state index contributed by atoms with van der Waals surface area (Å²) in [6.07, 6.45) is 2.68. The Morgan fingerprint density at radius 2 is 2.15 bits per heavy atom. The third-order valence-corrected chi connectivity index (χ3v) is 2.25. The van der Waals surface area contributed by atoms with Crippen LogP contribution in [0.3, 0.4) is 0 Å². The van der Waals surface area contributed by atoms with Gasteiger partial charge in [-0.3, -0.25) is 4.99 Å². The van der Waals surface area contributed by atoms with E-state index >= 15 is 0 Å². The molecule has 0 bridgehead atoms. The summed E-state index contributed by atoms with van der Waals surface area (Å²) in [7, 11) is 0. The normalized spacial score (nSPS) is 19.3. The van der Waals surface area contributed by atoms with Crippen LogP contribution in [0.25, 0.3) is 0 Å². The van der Waals surface area contributed by atoms with Crippen molar-refractivity contribution >= 4 is 5.96 Å². The smallest absolute Gasteiger partial charge is 0.188 e. The summed E-state index contributed by atoms with van der Waals surface area (Å²) in [5.74, 6) is 0.571. The molecule has 0 aromatic carbocycles. The minimum atomic E-state index is 0.571. The molecule has 0 aromatic heterocycles. The van der Waals surface area contributed by atoms with Gasteiger partial charge in [0.15, 0.2) is 5.96 Å². The molecule has 4 heteroatoms. The van der Waals surface area contributed by atoms with Crippen molar-refractivity contribution in [3.63, 3.8) is 0 Å². The highest BCUT2D eigenvalue weighted by atomic mass is 15.2. The highest BCUT2D eigenvalue weighted by molar-refractivity contribution is 5.77. The Kier molecular flexibility index (Phi) is 4.60. The van der Waals surface area contributed by atoms with Crippen LogP contribution in [0.15, 0.2) is 4.99 Å². The maximum atomic E-state index is 5.59. The van der Waals surface area contributed by atoms with Crippen molar-refractivity contribution < 1.29 is 0 Å². The van der Waals surface area contributed by atoms with Crippen LogP contribution in [0.2, 0.25) is 0 Å². The van der Waals surface area contributed by atoms with Crippen molar-refractivity contribution in [2.24, 2.45) is 10.7 Å². The number of aliphatic imine (C=N–C) groups is 1. The molecule has 0 spiro atoms. The second kappa shape index (κ2) is 5.80. The summed E-state index contributed by atoms with van der Waals surface area (Å²) in [5, 5.41) is 2.98. The molecule has 0 atom stereocenters. The van der Waals surface area contributed by atoms with Gasteiger partial charge < -0.3 is 16.0 Å². The molecular weight excluding hydrogens is 164 g/mol. The number of guanidine groups is 1. The van der Waals surface area contributed by atoms with Gasteiger partial charge in [-0.1, -0.05) is 0 Å². The molecule has 0 radical (unpaired) electrons. The quantitative estimate of drug-likeness (QED) is 0.478. The lowest BCUT2D eigenvalue weighted by Gasteiger charge is -2.12. The molecule has 4 nitrogen and oxygen atoms in total. The highest BCUT2D eigenvalue weighted by Gasteiger charge is 2.09. The second-order valence-corrected chi connectivity index (χ2v) is 3.35. The molecule has 0 aliphatic carbocycles. The van der Waals surface area contributed by atoms with Crippen molar-refractivity contribution in [3.8, 4) is 0 Å². The van der Waals surface area contributed by atoms with Gasteiger partial charge in [-0.2, -0.15) is 0 Å². The molecule has 0 unspecified atom stereocenters. The molecule has 0 amide bonds. The van der Waals surface area contributed by atoms with Gasteiger partial charge in [0.05, 0.1) is 6.54 Å². The van der Waals surface area contributed by atoms with Crippen molar-refractivity contribution in [3.05, 3.63) is 0 Å². The Morgan fingerprint density at radius 3 is 2.77 bits per heavy atom. The van der Waals surface area contributed by atoms with E-state index in [1.807, 2.05) is 6.92 Å². The fraction of sp³-hybridized carbons (Fsp3) is 0.889. The molecule has 1 rings (SSSR count). The first-order valence-electron chi connectivity index (χ1n) is 5.09. The number of likely N-dealkylation sites (tertiary alicyclic amines) is 1. The number of hydrogen-bond acceptors (Lipinski definition) is 2. The SMILES string of the molecule is CCNC(N)=NCCN1CCCC1. The van der Waals surface area contributed by atoms with Gasteiger partial charge in [-0.05, 0) is 32.9 Å². The van der Waals surface area contributed by atoms with Gasteiger partial charge in [-0.15, -0.1) is 0 Å². The van der Waals surface area contributed by atoms with E-state index in [-0.39, 0.29) is 0 Å². The van der Waals surface area contributed by atoms with Gasteiger partial charge in [0.1, 0.15) is 0 Å². The average Bonchev–Trinajstić information content (AvgIpc) is 2.57. The Balaban J connectivity index is 2.07. The van der Waals surface area contributed by atoms with E-state index in [2.05, 4.69) is 15.2 Å². The van der Waals surface area contributed by atoms with Crippen molar-refractivity contribution in [1.82, 2.24) is 10.2 Å². The lowest BCUT2D eigenvalue weighted by Crippen LogP contribution is -2.32. The van der Waals surface area contributed by atoms with E-state index < -0.39 is 0 Å². The topological polar surface area (TPSA) is 53.6 Å². The summed E-state index contributed by atoms with van der Waals surface area (Å²) >= 11 is 0.